The quantitative estimate of drug-likeness (QED) is 0.475. The summed E-state index contributed by atoms with van der Waals surface area (Å²) in [5.74, 6) is 6.38. The van der Waals surface area contributed by atoms with E-state index < -0.39 is 0 Å². The van der Waals surface area contributed by atoms with Crippen LogP contribution in [0.2, 0.25) is 0 Å². The molecule has 0 saturated heterocycles. The van der Waals surface area contributed by atoms with Crippen molar-refractivity contribution in [3.63, 3.8) is 0 Å². The molecule has 2 N–H and O–H groups in total. The number of nitrogens with two attached hydrogens (primary N) is 1. The molecule has 0 radical (unpaired) electrons. The zero-order chi connectivity index (χ0) is 12.3. The van der Waals surface area contributed by atoms with Crippen LogP contribution in [-0.4, -0.2) is 33.7 Å². The number of hydrogen-bond acceptors (Lipinski definition) is 6. The molecule has 0 bridgehead atoms. The standard InChI is InChI=1S/C9H16N4O2S/c1-9(2,3)7-11-12-8(13(7)10)16-5-6(14)15-4/h5,10H2,1-4H3. The fraction of sp³-hybridized carbons (Fsp3) is 0.667. The van der Waals surface area contributed by atoms with Crippen molar-refractivity contribution in [2.45, 2.75) is 31.3 Å². The highest BCUT2D eigenvalue weighted by atomic mass is 32.2. The molecule has 16 heavy (non-hydrogen) atoms. The number of carbonyl (C=O) groups is 1. The Morgan fingerprint density at radius 3 is 2.56 bits per heavy atom. The average Bonchev–Trinajstić information content (AvgIpc) is 2.55. The minimum Gasteiger partial charge on any atom is -0.468 e. The minimum atomic E-state index is -0.315. The topological polar surface area (TPSA) is 83.0 Å². The van der Waals surface area contributed by atoms with Gasteiger partial charge in [-0.15, -0.1) is 10.2 Å². The van der Waals surface area contributed by atoms with Gasteiger partial charge in [0.05, 0.1) is 12.9 Å². The molecule has 0 aliphatic carbocycles. The Balaban J connectivity index is 2.77. The predicted molar refractivity (Wildman–Crippen MR) is 61.6 cm³/mol. The Morgan fingerprint density at radius 1 is 1.50 bits per heavy atom. The van der Waals surface area contributed by atoms with Crippen LogP contribution in [0, 0.1) is 0 Å². The molecule has 0 aliphatic heterocycles. The number of thioether (sulfide) groups is 1. The number of methoxy groups -OCH3 is 1. The number of esters is 1. The second-order valence-corrected chi connectivity index (χ2v) is 5.23. The molecule has 1 heterocycles. The predicted octanol–water partition coefficient (Wildman–Crippen LogP) is 0.554. The molecule has 1 aromatic heterocycles. The molecule has 0 atom stereocenters. The zero-order valence-electron chi connectivity index (χ0n) is 9.85. The van der Waals surface area contributed by atoms with E-state index in [9.17, 15) is 4.79 Å². The van der Waals surface area contributed by atoms with E-state index >= 15 is 0 Å². The second kappa shape index (κ2) is 4.73. The highest BCUT2D eigenvalue weighted by Crippen LogP contribution is 2.22. The first-order valence-electron chi connectivity index (χ1n) is 4.77. The van der Waals surface area contributed by atoms with Gasteiger partial charge < -0.3 is 10.6 Å². The van der Waals surface area contributed by atoms with Crippen LogP contribution in [0.25, 0.3) is 0 Å². The molecule has 0 unspecified atom stereocenters. The number of nitrogens with zero attached hydrogens (tertiary/aromatic N) is 3. The zero-order valence-corrected chi connectivity index (χ0v) is 10.7. The van der Waals surface area contributed by atoms with Crippen molar-refractivity contribution < 1.29 is 9.53 Å². The van der Waals surface area contributed by atoms with Crippen LogP contribution in [-0.2, 0) is 14.9 Å². The Hall–Kier alpha value is -1.24. The molecule has 1 aromatic rings. The maximum atomic E-state index is 11.0. The fourth-order valence-electron chi connectivity index (χ4n) is 1.07. The summed E-state index contributed by atoms with van der Waals surface area (Å²) in [5.41, 5.74) is -0.175. The third-order valence-corrected chi connectivity index (χ3v) is 2.80. The molecule has 90 valence electrons. The normalized spacial score (nSPS) is 11.5. The number of ether oxygens (including phenoxy) is 1. The number of hydrogen-bond donors (Lipinski definition) is 1. The van der Waals surface area contributed by atoms with Crippen LogP contribution in [0.1, 0.15) is 26.6 Å². The van der Waals surface area contributed by atoms with E-state index in [1.807, 2.05) is 20.8 Å². The molecule has 1 rings (SSSR count). The number of rotatable bonds is 3. The summed E-state index contributed by atoms with van der Waals surface area (Å²) in [6.07, 6.45) is 0. The van der Waals surface area contributed by atoms with Gasteiger partial charge in [0.25, 0.3) is 0 Å². The summed E-state index contributed by atoms with van der Waals surface area (Å²) in [5, 5.41) is 8.45. The van der Waals surface area contributed by atoms with Gasteiger partial charge in [-0.1, -0.05) is 32.5 Å². The van der Waals surface area contributed by atoms with E-state index in [-0.39, 0.29) is 17.1 Å². The van der Waals surface area contributed by atoms with Gasteiger partial charge >= 0.3 is 5.97 Å². The average molecular weight is 244 g/mol. The molecule has 0 aromatic carbocycles. The molecule has 0 spiro atoms. The molecule has 0 aliphatic rings. The van der Waals surface area contributed by atoms with Gasteiger partial charge in [-0.2, -0.15) is 0 Å². The SMILES string of the molecule is COC(=O)CSc1nnc(C(C)(C)C)n1N. The lowest BCUT2D eigenvalue weighted by atomic mass is 9.96. The van der Waals surface area contributed by atoms with E-state index in [0.717, 1.165) is 0 Å². The third-order valence-electron chi connectivity index (χ3n) is 1.88. The fourth-order valence-corrected chi connectivity index (χ4v) is 1.76. The van der Waals surface area contributed by atoms with E-state index in [2.05, 4.69) is 14.9 Å². The second-order valence-electron chi connectivity index (χ2n) is 4.29. The number of nitrogen functional groups attached to an aromatic ring is 1. The summed E-state index contributed by atoms with van der Waals surface area (Å²) in [7, 11) is 1.34. The van der Waals surface area contributed by atoms with Gasteiger partial charge in [-0.3, -0.25) is 4.79 Å². The van der Waals surface area contributed by atoms with Crippen molar-refractivity contribution in [1.29, 1.82) is 0 Å². The maximum absolute atomic E-state index is 11.0. The molecule has 6 nitrogen and oxygen atoms in total. The first-order valence-corrected chi connectivity index (χ1v) is 5.75. The van der Waals surface area contributed by atoms with Crippen molar-refractivity contribution in [2.24, 2.45) is 0 Å². The van der Waals surface area contributed by atoms with Crippen molar-refractivity contribution in [3.05, 3.63) is 5.82 Å². The van der Waals surface area contributed by atoms with Crippen LogP contribution in [0.5, 0.6) is 0 Å². The highest BCUT2D eigenvalue weighted by molar-refractivity contribution is 7.99. The van der Waals surface area contributed by atoms with Crippen molar-refractivity contribution in [1.82, 2.24) is 14.9 Å². The van der Waals surface area contributed by atoms with E-state index in [4.69, 9.17) is 5.84 Å². The van der Waals surface area contributed by atoms with Crippen molar-refractivity contribution in [2.75, 3.05) is 18.7 Å². The molecule has 0 saturated carbocycles. The Morgan fingerprint density at radius 2 is 2.12 bits per heavy atom. The lowest BCUT2D eigenvalue weighted by molar-refractivity contribution is -0.137. The van der Waals surface area contributed by atoms with Gasteiger partial charge in [-0.05, 0) is 0 Å². The van der Waals surface area contributed by atoms with Crippen LogP contribution in [0.15, 0.2) is 5.16 Å². The summed E-state index contributed by atoms with van der Waals surface area (Å²) < 4.78 is 5.94. The van der Waals surface area contributed by atoms with Crippen LogP contribution in [0.4, 0.5) is 0 Å². The van der Waals surface area contributed by atoms with Crippen molar-refractivity contribution in [3.8, 4) is 0 Å². The first-order chi connectivity index (χ1) is 7.36. The first kappa shape index (κ1) is 12.8. The highest BCUT2D eigenvalue weighted by Gasteiger charge is 2.23. The van der Waals surface area contributed by atoms with Crippen LogP contribution < -0.4 is 5.84 Å². The van der Waals surface area contributed by atoms with E-state index in [1.165, 1.54) is 23.5 Å². The van der Waals surface area contributed by atoms with E-state index in [1.54, 1.807) is 0 Å². The number of carbonyl (C=O) groups excluding carboxylic acids is 1. The van der Waals surface area contributed by atoms with Gasteiger partial charge in [0, 0.05) is 5.41 Å². The minimum absolute atomic E-state index is 0.175. The van der Waals surface area contributed by atoms with Gasteiger partial charge in [0.1, 0.15) is 0 Å². The van der Waals surface area contributed by atoms with Gasteiger partial charge in [-0.25, -0.2) is 4.68 Å². The largest absolute Gasteiger partial charge is 0.468 e. The smallest absolute Gasteiger partial charge is 0.316 e. The summed E-state index contributed by atoms with van der Waals surface area (Å²) in [6.45, 7) is 5.99. The lowest BCUT2D eigenvalue weighted by Gasteiger charge is -2.16. The Labute approximate surface area is 98.5 Å². The summed E-state index contributed by atoms with van der Waals surface area (Å²) >= 11 is 1.21. The molecule has 0 amide bonds. The lowest BCUT2D eigenvalue weighted by Crippen LogP contribution is -2.24. The van der Waals surface area contributed by atoms with Crippen LogP contribution >= 0.6 is 11.8 Å². The van der Waals surface area contributed by atoms with Gasteiger partial charge in [0.15, 0.2) is 5.82 Å². The van der Waals surface area contributed by atoms with Gasteiger partial charge in [0.2, 0.25) is 5.16 Å². The Kier molecular flexibility index (Phi) is 3.79. The summed E-state index contributed by atoms with van der Waals surface area (Å²) in [4.78, 5) is 11.0. The van der Waals surface area contributed by atoms with Crippen molar-refractivity contribution >= 4 is 17.7 Å². The molecule has 7 heteroatoms. The molecular weight excluding hydrogens is 228 g/mol. The maximum Gasteiger partial charge on any atom is 0.316 e. The third kappa shape index (κ3) is 2.88. The molecule has 0 fully saturated rings. The van der Waals surface area contributed by atoms with Crippen LogP contribution in [0.3, 0.4) is 0 Å². The van der Waals surface area contributed by atoms with E-state index in [0.29, 0.717) is 11.0 Å². The summed E-state index contributed by atoms with van der Waals surface area (Å²) in [6, 6.07) is 0. The number of aromatic nitrogens is 3. The Bertz CT molecular complexity index is 383. The monoisotopic (exact) mass is 244 g/mol. The molecular formula is C9H16N4O2S.